The molecule has 1 saturated carbocycles. The van der Waals surface area contributed by atoms with Crippen LogP contribution in [-0.4, -0.2) is 17.5 Å². The lowest BCUT2D eigenvalue weighted by Crippen LogP contribution is -2.47. The van der Waals surface area contributed by atoms with Gasteiger partial charge in [0.05, 0.1) is 0 Å². The fourth-order valence-electron chi connectivity index (χ4n) is 2.46. The number of nitrogens with two attached hydrogens (primary N) is 1. The summed E-state index contributed by atoms with van der Waals surface area (Å²) in [5, 5.41) is 3.19. The van der Waals surface area contributed by atoms with Crippen LogP contribution < -0.4 is 11.1 Å². The SMILES string of the molecule is CC(C)(N)CCC(=O)NC1CCCCC1(C)C. The van der Waals surface area contributed by atoms with Crippen molar-refractivity contribution >= 4 is 5.91 Å². The molecule has 3 heteroatoms. The highest BCUT2D eigenvalue weighted by Crippen LogP contribution is 2.35. The largest absolute Gasteiger partial charge is 0.353 e. The van der Waals surface area contributed by atoms with Gasteiger partial charge in [0, 0.05) is 18.0 Å². The van der Waals surface area contributed by atoms with Crippen LogP contribution in [0.25, 0.3) is 0 Å². The first-order valence-electron chi connectivity index (χ1n) is 6.79. The quantitative estimate of drug-likeness (QED) is 0.793. The number of carbonyl (C=O) groups excluding carboxylic acids is 1. The maximum absolute atomic E-state index is 11.9. The van der Waals surface area contributed by atoms with Crippen molar-refractivity contribution in [2.24, 2.45) is 11.1 Å². The van der Waals surface area contributed by atoms with Crippen molar-refractivity contribution in [1.29, 1.82) is 0 Å². The van der Waals surface area contributed by atoms with Crippen LogP contribution in [0.5, 0.6) is 0 Å². The second-order valence-corrected chi connectivity index (χ2v) is 6.84. The van der Waals surface area contributed by atoms with Gasteiger partial charge in [0.15, 0.2) is 0 Å². The number of amides is 1. The summed E-state index contributed by atoms with van der Waals surface area (Å²) in [6.45, 7) is 8.43. The fourth-order valence-corrected chi connectivity index (χ4v) is 2.46. The molecule has 17 heavy (non-hydrogen) atoms. The molecule has 1 unspecified atom stereocenters. The number of nitrogens with one attached hydrogen (secondary N) is 1. The van der Waals surface area contributed by atoms with E-state index in [9.17, 15) is 4.79 Å². The zero-order valence-corrected chi connectivity index (χ0v) is 11.8. The average Bonchev–Trinajstić information content (AvgIpc) is 2.17. The Hall–Kier alpha value is -0.570. The molecule has 0 saturated heterocycles. The second kappa shape index (κ2) is 5.38. The standard InChI is InChI=1S/C14H28N2O/c1-13(2)9-6-5-7-11(13)16-12(17)8-10-14(3,4)15/h11H,5-10,15H2,1-4H3,(H,16,17). The molecule has 0 aliphatic heterocycles. The van der Waals surface area contributed by atoms with E-state index in [2.05, 4.69) is 19.2 Å². The molecule has 1 rings (SSSR count). The maximum Gasteiger partial charge on any atom is 0.220 e. The first-order valence-corrected chi connectivity index (χ1v) is 6.79. The van der Waals surface area contributed by atoms with Gasteiger partial charge in [-0.2, -0.15) is 0 Å². The van der Waals surface area contributed by atoms with Crippen LogP contribution in [0.2, 0.25) is 0 Å². The summed E-state index contributed by atoms with van der Waals surface area (Å²) in [6.07, 6.45) is 6.12. The van der Waals surface area contributed by atoms with Crippen molar-refractivity contribution in [2.75, 3.05) is 0 Å². The Morgan fingerprint density at radius 3 is 2.59 bits per heavy atom. The van der Waals surface area contributed by atoms with Gasteiger partial charge in [-0.15, -0.1) is 0 Å². The van der Waals surface area contributed by atoms with E-state index in [1.54, 1.807) is 0 Å². The zero-order chi connectivity index (χ0) is 13.1. The van der Waals surface area contributed by atoms with Crippen LogP contribution in [0.15, 0.2) is 0 Å². The minimum Gasteiger partial charge on any atom is -0.353 e. The monoisotopic (exact) mass is 240 g/mol. The Balaban J connectivity index is 2.40. The Morgan fingerprint density at radius 2 is 2.06 bits per heavy atom. The number of carbonyl (C=O) groups is 1. The van der Waals surface area contributed by atoms with Gasteiger partial charge in [0.2, 0.25) is 5.91 Å². The number of hydrogen-bond acceptors (Lipinski definition) is 2. The Kier molecular flexibility index (Phi) is 4.59. The zero-order valence-electron chi connectivity index (χ0n) is 11.8. The minimum absolute atomic E-state index is 0.156. The van der Waals surface area contributed by atoms with Gasteiger partial charge in [-0.25, -0.2) is 0 Å². The lowest BCUT2D eigenvalue weighted by Gasteiger charge is -2.39. The van der Waals surface area contributed by atoms with Crippen molar-refractivity contribution in [3.8, 4) is 0 Å². The van der Waals surface area contributed by atoms with Crippen LogP contribution in [0.1, 0.15) is 66.2 Å². The van der Waals surface area contributed by atoms with Gasteiger partial charge >= 0.3 is 0 Å². The number of rotatable bonds is 4. The molecule has 0 aromatic carbocycles. The third-order valence-corrected chi connectivity index (χ3v) is 3.84. The van der Waals surface area contributed by atoms with E-state index in [4.69, 9.17) is 5.73 Å². The predicted octanol–water partition coefficient (Wildman–Crippen LogP) is 2.59. The average molecular weight is 240 g/mol. The molecule has 3 N–H and O–H groups in total. The summed E-state index contributed by atoms with van der Waals surface area (Å²) in [7, 11) is 0. The summed E-state index contributed by atoms with van der Waals surface area (Å²) in [5.74, 6) is 0.156. The van der Waals surface area contributed by atoms with E-state index >= 15 is 0 Å². The Labute approximate surface area is 106 Å². The van der Waals surface area contributed by atoms with E-state index in [0.717, 1.165) is 12.8 Å². The van der Waals surface area contributed by atoms with Crippen molar-refractivity contribution in [1.82, 2.24) is 5.32 Å². The highest BCUT2D eigenvalue weighted by molar-refractivity contribution is 5.76. The van der Waals surface area contributed by atoms with Crippen molar-refractivity contribution in [3.05, 3.63) is 0 Å². The maximum atomic E-state index is 11.9. The number of hydrogen-bond donors (Lipinski definition) is 2. The molecule has 1 aliphatic carbocycles. The summed E-state index contributed by atoms with van der Waals surface area (Å²) >= 11 is 0. The molecule has 0 aromatic heterocycles. The Morgan fingerprint density at radius 1 is 1.41 bits per heavy atom. The molecule has 0 aromatic rings. The van der Waals surface area contributed by atoms with Gasteiger partial charge in [-0.05, 0) is 38.5 Å². The second-order valence-electron chi connectivity index (χ2n) is 6.84. The van der Waals surface area contributed by atoms with E-state index in [1.807, 2.05) is 13.8 Å². The van der Waals surface area contributed by atoms with E-state index in [0.29, 0.717) is 12.5 Å². The van der Waals surface area contributed by atoms with Crippen molar-refractivity contribution in [2.45, 2.75) is 77.8 Å². The van der Waals surface area contributed by atoms with E-state index in [-0.39, 0.29) is 16.9 Å². The van der Waals surface area contributed by atoms with Gasteiger partial charge < -0.3 is 11.1 Å². The fraction of sp³-hybridized carbons (Fsp3) is 0.929. The molecule has 0 bridgehead atoms. The van der Waals surface area contributed by atoms with Crippen LogP contribution >= 0.6 is 0 Å². The lowest BCUT2D eigenvalue weighted by molar-refractivity contribution is -0.123. The minimum atomic E-state index is -0.251. The van der Waals surface area contributed by atoms with Crippen LogP contribution in [0.3, 0.4) is 0 Å². The highest BCUT2D eigenvalue weighted by Gasteiger charge is 2.33. The molecule has 0 heterocycles. The molecule has 1 amide bonds. The van der Waals surface area contributed by atoms with Crippen LogP contribution in [-0.2, 0) is 4.79 Å². The van der Waals surface area contributed by atoms with Crippen molar-refractivity contribution in [3.63, 3.8) is 0 Å². The van der Waals surface area contributed by atoms with Gasteiger partial charge in [-0.1, -0.05) is 26.7 Å². The smallest absolute Gasteiger partial charge is 0.220 e. The van der Waals surface area contributed by atoms with Gasteiger partial charge in [0.1, 0.15) is 0 Å². The van der Waals surface area contributed by atoms with E-state index in [1.165, 1.54) is 19.3 Å². The highest BCUT2D eigenvalue weighted by atomic mass is 16.1. The van der Waals surface area contributed by atoms with Gasteiger partial charge in [0.25, 0.3) is 0 Å². The molecule has 0 radical (unpaired) electrons. The summed E-state index contributed by atoms with van der Waals surface area (Å²) in [5.41, 5.74) is 5.88. The molecule has 100 valence electrons. The van der Waals surface area contributed by atoms with Crippen molar-refractivity contribution < 1.29 is 4.79 Å². The van der Waals surface area contributed by atoms with Gasteiger partial charge in [-0.3, -0.25) is 4.79 Å². The molecule has 1 fully saturated rings. The summed E-state index contributed by atoms with van der Waals surface area (Å²) in [4.78, 5) is 11.9. The molecule has 0 spiro atoms. The summed E-state index contributed by atoms with van der Waals surface area (Å²) < 4.78 is 0. The first-order chi connectivity index (χ1) is 7.71. The molecule has 1 aliphatic rings. The van der Waals surface area contributed by atoms with Crippen LogP contribution in [0.4, 0.5) is 0 Å². The normalized spacial score (nSPS) is 24.4. The summed E-state index contributed by atoms with van der Waals surface area (Å²) in [6, 6.07) is 0.338. The third kappa shape index (κ3) is 5.07. The van der Waals surface area contributed by atoms with Crippen LogP contribution in [0, 0.1) is 5.41 Å². The third-order valence-electron chi connectivity index (χ3n) is 3.84. The molecular formula is C14H28N2O. The topological polar surface area (TPSA) is 55.1 Å². The Bertz CT molecular complexity index is 266. The predicted molar refractivity (Wildman–Crippen MR) is 71.7 cm³/mol. The lowest BCUT2D eigenvalue weighted by atomic mass is 9.73. The first kappa shape index (κ1) is 14.5. The van der Waals surface area contributed by atoms with E-state index < -0.39 is 0 Å². The molecular weight excluding hydrogens is 212 g/mol. The molecule has 1 atom stereocenters. The molecule has 3 nitrogen and oxygen atoms in total.